The smallest absolute Gasteiger partial charge is 0.329 e. The largest absolute Gasteiger partial charge is 0.480 e. The fourth-order valence-corrected chi connectivity index (χ4v) is 6.86. The number of benzene rings is 4. The van der Waals surface area contributed by atoms with Crippen molar-refractivity contribution in [2.45, 2.75) is 36.9 Å². The summed E-state index contributed by atoms with van der Waals surface area (Å²) in [6.07, 6.45) is 2.85. The van der Waals surface area contributed by atoms with Crippen LogP contribution in [0.25, 0.3) is 0 Å². The minimum absolute atomic E-state index is 0.141. The molecule has 0 unspecified atom stereocenters. The quantitative estimate of drug-likeness (QED) is 0.327. The van der Waals surface area contributed by atoms with Crippen molar-refractivity contribution in [3.63, 3.8) is 0 Å². The van der Waals surface area contributed by atoms with Crippen molar-refractivity contribution in [3.05, 3.63) is 126 Å². The summed E-state index contributed by atoms with van der Waals surface area (Å²) in [4.78, 5) is 51.5. The zero-order valence-corrected chi connectivity index (χ0v) is 23.4. The van der Waals surface area contributed by atoms with E-state index >= 15 is 0 Å². The number of aliphatic imine (C=N–C) groups is 1. The third kappa shape index (κ3) is 4.55. The molecule has 4 aromatic rings. The number of carboxylic acids is 1. The summed E-state index contributed by atoms with van der Waals surface area (Å²) in [6.45, 7) is 0.141. The molecule has 7 rings (SSSR count). The molecule has 3 aliphatic rings. The molecule has 2 bridgehead atoms. The number of anilines is 2. The molecular formula is C35H30N4O4. The van der Waals surface area contributed by atoms with Crippen LogP contribution in [0, 0.1) is 0 Å². The van der Waals surface area contributed by atoms with Gasteiger partial charge in [-0.1, -0.05) is 91.0 Å². The number of amides is 3. The molecule has 3 amide bonds. The van der Waals surface area contributed by atoms with Crippen LogP contribution in [0.1, 0.15) is 35.4 Å². The monoisotopic (exact) mass is 570 g/mol. The molecule has 3 aliphatic heterocycles. The number of nitrogens with zero attached hydrogens (tertiary/aromatic N) is 4. The number of hydrogen-bond donors (Lipinski definition) is 1. The molecule has 0 saturated carbocycles. The second-order valence-electron chi connectivity index (χ2n) is 11.2. The lowest BCUT2D eigenvalue weighted by atomic mass is 9.88. The highest BCUT2D eigenvalue weighted by Crippen LogP contribution is 2.43. The van der Waals surface area contributed by atoms with Crippen LogP contribution in [-0.2, 0) is 9.59 Å². The molecule has 0 radical (unpaired) electrons. The summed E-state index contributed by atoms with van der Waals surface area (Å²) in [5.41, 5.74) is 4.34. The highest BCUT2D eigenvalue weighted by molar-refractivity contribution is 6.09. The van der Waals surface area contributed by atoms with Crippen molar-refractivity contribution in [3.8, 4) is 0 Å². The Balaban J connectivity index is 1.27. The number of fused-ring (bicyclic) bond motifs is 4. The number of hydrogen-bond acceptors (Lipinski definition) is 4. The molecule has 0 aromatic heterocycles. The molecule has 3 heterocycles. The Morgan fingerprint density at radius 1 is 0.744 bits per heavy atom. The summed E-state index contributed by atoms with van der Waals surface area (Å²) >= 11 is 0. The Labute approximate surface area is 249 Å². The number of carboxylic acid groups (broad SMARTS) is 1. The Morgan fingerprint density at radius 3 is 2.02 bits per heavy atom. The zero-order valence-electron chi connectivity index (χ0n) is 23.4. The van der Waals surface area contributed by atoms with Crippen LogP contribution in [0.5, 0.6) is 0 Å². The summed E-state index contributed by atoms with van der Waals surface area (Å²) in [5.74, 6) is -2.04. The van der Waals surface area contributed by atoms with Crippen molar-refractivity contribution in [1.82, 2.24) is 9.80 Å². The van der Waals surface area contributed by atoms with Gasteiger partial charge in [0.15, 0.2) is 0 Å². The zero-order chi connectivity index (χ0) is 29.5. The van der Waals surface area contributed by atoms with Crippen LogP contribution < -0.4 is 4.90 Å². The summed E-state index contributed by atoms with van der Waals surface area (Å²) < 4.78 is 0. The lowest BCUT2D eigenvalue weighted by Crippen LogP contribution is -2.66. The van der Waals surface area contributed by atoms with Gasteiger partial charge in [0, 0.05) is 18.3 Å². The molecular weight excluding hydrogens is 540 g/mol. The van der Waals surface area contributed by atoms with Crippen molar-refractivity contribution in [2.75, 3.05) is 11.4 Å². The van der Waals surface area contributed by atoms with Crippen molar-refractivity contribution >= 4 is 41.2 Å². The van der Waals surface area contributed by atoms with E-state index in [0.29, 0.717) is 29.9 Å². The van der Waals surface area contributed by atoms with Gasteiger partial charge in [0.2, 0.25) is 5.91 Å². The number of carbonyl (C=O) groups is 3. The van der Waals surface area contributed by atoms with Gasteiger partial charge in [0.05, 0.1) is 35.1 Å². The maximum Gasteiger partial charge on any atom is 0.329 e. The predicted octanol–water partition coefficient (Wildman–Crippen LogP) is 5.97. The van der Waals surface area contributed by atoms with E-state index in [1.54, 1.807) is 16.0 Å². The van der Waals surface area contributed by atoms with Crippen LogP contribution in [0.15, 0.2) is 114 Å². The third-order valence-corrected chi connectivity index (χ3v) is 8.76. The number of carbonyl (C=O) groups excluding carboxylic acids is 2. The number of piperazine rings is 1. The second kappa shape index (κ2) is 10.9. The maximum atomic E-state index is 14.6. The highest BCUT2D eigenvalue weighted by atomic mass is 16.4. The van der Waals surface area contributed by atoms with E-state index < -0.39 is 24.0 Å². The third-order valence-electron chi connectivity index (χ3n) is 8.76. The van der Waals surface area contributed by atoms with Crippen molar-refractivity contribution < 1.29 is 19.5 Å². The fraction of sp³-hybridized carbons (Fsp3) is 0.200. The standard InChI is InChI=1S/C35H30N4O4/c40-33(31(23-11-3-1-4-12-23)24-13-5-2-6-14-24)37-22-26-19-20-30(32(37)34(41)42)38(26)35(43)39-28-17-9-7-15-25(28)21-36-27-16-8-10-18-29(27)39/h1-18,21,26,30-32H,19-20,22H2,(H,41,42)/t26-,30+,32-/m0/s1. The number of aliphatic carboxylic acids is 1. The molecule has 0 aliphatic carbocycles. The topological polar surface area (TPSA) is 93.5 Å². The van der Waals surface area contributed by atoms with E-state index in [9.17, 15) is 19.5 Å². The number of para-hydroxylation sites is 3. The molecule has 43 heavy (non-hydrogen) atoms. The molecule has 8 nitrogen and oxygen atoms in total. The summed E-state index contributed by atoms with van der Waals surface area (Å²) in [6, 6.07) is 31.4. The summed E-state index contributed by atoms with van der Waals surface area (Å²) in [5, 5.41) is 10.6. The van der Waals surface area contributed by atoms with Gasteiger partial charge in [-0.3, -0.25) is 14.7 Å². The first-order chi connectivity index (χ1) is 21.0. The lowest BCUT2D eigenvalue weighted by Gasteiger charge is -2.47. The van der Waals surface area contributed by atoms with E-state index in [1.165, 1.54) is 4.90 Å². The number of likely N-dealkylation sites (tertiary alicyclic amines) is 1. The highest BCUT2D eigenvalue weighted by Gasteiger charge is 2.54. The van der Waals surface area contributed by atoms with Crippen LogP contribution in [0.4, 0.5) is 21.9 Å². The van der Waals surface area contributed by atoms with Gasteiger partial charge in [-0.25, -0.2) is 9.59 Å². The molecule has 8 heteroatoms. The first-order valence-electron chi connectivity index (χ1n) is 14.5. The molecule has 4 aromatic carbocycles. The number of rotatable bonds is 4. The molecule has 2 fully saturated rings. The van der Waals surface area contributed by atoms with E-state index in [1.807, 2.05) is 109 Å². The van der Waals surface area contributed by atoms with Gasteiger partial charge in [-0.15, -0.1) is 0 Å². The Kier molecular flexibility index (Phi) is 6.74. The summed E-state index contributed by atoms with van der Waals surface area (Å²) in [7, 11) is 0. The maximum absolute atomic E-state index is 14.6. The molecule has 0 spiro atoms. The fourth-order valence-electron chi connectivity index (χ4n) is 6.86. The van der Waals surface area contributed by atoms with Crippen LogP contribution in [0.3, 0.4) is 0 Å². The van der Waals surface area contributed by atoms with Gasteiger partial charge in [0.25, 0.3) is 0 Å². The first-order valence-corrected chi connectivity index (χ1v) is 14.5. The average Bonchev–Trinajstić information content (AvgIpc) is 3.23. The van der Waals surface area contributed by atoms with E-state index in [0.717, 1.165) is 16.7 Å². The van der Waals surface area contributed by atoms with Crippen LogP contribution in [-0.4, -0.2) is 63.7 Å². The SMILES string of the molecule is O=C(O)[C@@H]1[C@H]2CC[C@@H](CN1C(=O)C(c1ccccc1)c1ccccc1)N2C(=O)N1c2ccccc2C=Nc2ccccc21. The van der Waals surface area contributed by atoms with Crippen molar-refractivity contribution in [1.29, 1.82) is 0 Å². The number of urea groups is 1. The second-order valence-corrected chi connectivity index (χ2v) is 11.2. The van der Waals surface area contributed by atoms with E-state index in [4.69, 9.17) is 0 Å². The van der Waals surface area contributed by atoms with Crippen molar-refractivity contribution in [2.24, 2.45) is 4.99 Å². The van der Waals surface area contributed by atoms with Crippen LogP contribution >= 0.6 is 0 Å². The molecule has 3 atom stereocenters. The predicted molar refractivity (Wildman–Crippen MR) is 164 cm³/mol. The molecule has 2 saturated heterocycles. The first kappa shape index (κ1) is 26.6. The Hall–Kier alpha value is -5.24. The van der Waals surface area contributed by atoms with Gasteiger partial charge in [-0.05, 0) is 42.2 Å². The van der Waals surface area contributed by atoms with E-state index in [-0.39, 0.29) is 24.5 Å². The minimum Gasteiger partial charge on any atom is -0.480 e. The van der Waals surface area contributed by atoms with Gasteiger partial charge in [0.1, 0.15) is 6.04 Å². The average molecular weight is 571 g/mol. The normalized spacial score (nSPS) is 20.4. The van der Waals surface area contributed by atoms with Gasteiger partial charge < -0.3 is 14.9 Å². The molecule has 214 valence electrons. The lowest BCUT2D eigenvalue weighted by molar-refractivity contribution is -0.156. The van der Waals surface area contributed by atoms with Gasteiger partial charge >= 0.3 is 12.0 Å². The Bertz CT molecular complexity index is 1640. The van der Waals surface area contributed by atoms with Crippen LogP contribution in [0.2, 0.25) is 0 Å². The molecule has 1 N–H and O–H groups in total. The van der Waals surface area contributed by atoms with E-state index in [2.05, 4.69) is 4.99 Å². The Morgan fingerprint density at radius 2 is 1.35 bits per heavy atom. The minimum atomic E-state index is -1.18. The van der Waals surface area contributed by atoms with Gasteiger partial charge in [-0.2, -0.15) is 0 Å².